The zero-order valence-electron chi connectivity index (χ0n) is 10.7. The molecular formula is C16H13FO2S. The minimum Gasteiger partial charge on any atom is -0.195 e. The van der Waals surface area contributed by atoms with Crippen molar-refractivity contribution in [2.75, 3.05) is 0 Å². The molecule has 0 N–H and O–H groups in total. The van der Waals surface area contributed by atoms with E-state index < -0.39 is 15.5 Å². The van der Waals surface area contributed by atoms with Crippen molar-refractivity contribution in [2.24, 2.45) is 0 Å². The highest BCUT2D eigenvalue weighted by Gasteiger charge is 2.48. The van der Waals surface area contributed by atoms with Gasteiger partial charge in [0.1, 0.15) is 5.25 Å². The van der Waals surface area contributed by atoms with E-state index in [9.17, 15) is 12.3 Å². The van der Waals surface area contributed by atoms with Crippen molar-refractivity contribution in [1.29, 1.82) is 0 Å². The van der Waals surface area contributed by atoms with Crippen LogP contribution in [0.3, 0.4) is 0 Å². The van der Waals surface area contributed by atoms with Crippen molar-refractivity contribution in [1.82, 2.24) is 0 Å². The molecule has 0 spiro atoms. The Kier molecular flexibility index (Phi) is 2.37. The summed E-state index contributed by atoms with van der Waals surface area (Å²) < 4.78 is 36.8. The van der Waals surface area contributed by atoms with Gasteiger partial charge < -0.3 is 0 Å². The van der Waals surface area contributed by atoms with E-state index in [0.717, 1.165) is 22.3 Å². The van der Waals surface area contributed by atoms with Gasteiger partial charge in [0, 0.05) is 11.8 Å². The predicted octanol–water partition coefficient (Wildman–Crippen LogP) is 3.34. The van der Waals surface area contributed by atoms with Gasteiger partial charge in [-0.05, 0) is 28.7 Å². The largest absolute Gasteiger partial charge is 0.306 e. The molecule has 0 saturated carbocycles. The molecule has 0 fully saturated rings. The van der Waals surface area contributed by atoms with E-state index in [1.165, 1.54) is 0 Å². The van der Waals surface area contributed by atoms with Crippen LogP contribution in [0.5, 0.6) is 0 Å². The summed E-state index contributed by atoms with van der Waals surface area (Å²) in [4.78, 5) is 0. The Hall–Kier alpha value is -1.68. The lowest BCUT2D eigenvalue weighted by Gasteiger charge is -2.43. The van der Waals surface area contributed by atoms with Crippen LogP contribution in [0.4, 0.5) is 3.89 Å². The van der Waals surface area contributed by atoms with Crippen molar-refractivity contribution < 1.29 is 12.3 Å². The van der Waals surface area contributed by atoms with E-state index in [1.54, 1.807) is 0 Å². The van der Waals surface area contributed by atoms with E-state index in [4.69, 9.17) is 0 Å². The Balaban J connectivity index is 2.03. The summed E-state index contributed by atoms with van der Waals surface area (Å²) in [5, 5.41) is -0.947. The van der Waals surface area contributed by atoms with Gasteiger partial charge in [0.15, 0.2) is 0 Å². The minimum atomic E-state index is -4.54. The van der Waals surface area contributed by atoms with Crippen molar-refractivity contribution in [3.05, 3.63) is 70.8 Å². The van der Waals surface area contributed by atoms with Crippen LogP contribution in [0.1, 0.15) is 40.5 Å². The summed E-state index contributed by atoms with van der Waals surface area (Å²) in [6, 6.07) is 15.6. The maximum absolute atomic E-state index is 13.7. The molecule has 1 atom stereocenters. The molecule has 2 aromatic carbocycles. The van der Waals surface area contributed by atoms with E-state index >= 15 is 0 Å². The summed E-state index contributed by atoms with van der Waals surface area (Å²) in [6.45, 7) is 0. The lowest BCUT2D eigenvalue weighted by atomic mass is 9.63. The Labute approximate surface area is 117 Å². The van der Waals surface area contributed by atoms with Crippen LogP contribution in [0, 0.1) is 0 Å². The van der Waals surface area contributed by atoms with Gasteiger partial charge in [-0.1, -0.05) is 48.5 Å². The zero-order valence-corrected chi connectivity index (χ0v) is 11.5. The topological polar surface area (TPSA) is 34.1 Å². The van der Waals surface area contributed by atoms with Crippen LogP contribution in [-0.2, 0) is 10.2 Å². The molecule has 2 bridgehead atoms. The quantitative estimate of drug-likeness (QED) is 0.754. The van der Waals surface area contributed by atoms with Crippen LogP contribution in [-0.4, -0.2) is 13.7 Å². The van der Waals surface area contributed by atoms with E-state index in [0.29, 0.717) is 6.42 Å². The molecule has 0 heterocycles. The third kappa shape index (κ3) is 1.51. The second-order valence-corrected chi connectivity index (χ2v) is 7.09. The molecule has 2 nitrogen and oxygen atoms in total. The first-order valence-corrected chi connectivity index (χ1v) is 8.13. The first kappa shape index (κ1) is 12.1. The third-order valence-electron chi connectivity index (χ3n) is 4.61. The van der Waals surface area contributed by atoms with Gasteiger partial charge in [-0.25, -0.2) is 0 Å². The maximum atomic E-state index is 13.7. The van der Waals surface area contributed by atoms with Crippen LogP contribution in [0.2, 0.25) is 0 Å². The summed E-state index contributed by atoms with van der Waals surface area (Å²) in [5.74, 6) is -0.384. The van der Waals surface area contributed by atoms with Crippen LogP contribution < -0.4 is 0 Å². The van der Waals surface area contributed by atoms with Gasteiger partial charge in [0.05, 0.1) is 0 Å². The SMILES string of the molecule is O=S(=O)(F)C1CC2c3ccccc3C1c1ccccc12. The first-order chi connectivity index (χ1) is 9.57. The summed E-state index contributed by atoms with van der Waals surface area (Å²) >= 11 is 0. The molecule has 1 unspecified atom stereocenters. The number of hydrogen-bond acceptors (Lipinski definition) is 2. The summed E-state index contributed by atoms with van der Waals surface area (Å²) in [7, 11) is -4.54. The monoisotopic (exact) mass is 288 g/mol. The highest BCUT2D eigenvalue weighted by atomic mass is 32.3. The second-order valence-electron chi connectivity index (χ2n) is 5.54. The lowest BCUT2D eigenvalue weighted by Crippen LogP contribution is -2.38. The number of fused-ring (bicyclic) bond motifs is 1. The smallest absolute Gasteiger partial charge is 0.195 e. The number of rotatable bonds is 1. The summed E-state index contributed by atoms with van der Waals surface area (Å²) in [5.41, 5.74) is 4.23. The van der Waals surface area contributed by atoms with Crippen LogP contribution in [0.25, 0.3) is 0 Å². The van der Waals surface area contributed by atoms with Gasteiger partial charge in [-0.15, -0.1) is 3.89 Å². The molecule has 0 saturated heterocycles. The third-order valence-corrected chi connectivity index (χ3v) is 5.80. The molecule has 0 aliphatic heterocycles. The standard InChI is InChI=1S/C16H13FO2S/c17-20(18,19)15-9-14-10-5-1-3-7-12(10)16(15)13-8-4-2-6-11(13)14/h1-8,14-16H,9H2. The Morgan fingerprint density at radius 2 is 1.30 bits per heavy atom. The fraction of sp³-hybridized carbons (Fsp3) is 0.250. The molecule has 102 valence electrons. The molecule has 4 heteroatoms. The Morgan fingerprint density at radius 3 is 1.75 bits per heavy atom. The molecule has 0 radical (unpaired) electrons. The van der Waals surface area contributed by atoms with Crippen molar-refractivity contribution in [3.63, 3.8) is 0 Å². The molecule has 0 amide bonds. The molecule has 0 aromatic heterocycles. The number of benzene rings is 2. The fourth-order valence-electron chi connectivity index (χ4n) is 3.86. The average Bonchev–Trinajstić information content (AvgIpc) is 2.46. The fourth-order valence-corrected chi connectivity index (χ4v) is 4.90. The average molecular weight is 288 g/mol. The second kappa shape index (κ2) is 3.92. The zero-order chi connectivity index (χ0) is 13.9. The predicted molar refractivity (Wildman–Crippen MR) is 75.0 cm³/mol. The Morgan fingerprint density at radius 1 is 0.850 bits per heavy atom. The van der Waals surface area contributed by atoms with Gasteiger partial charge in [-0.2, -0.15) is 8.42 Å². The molecule has 3 aliphatic rings. The van der Waals surface area contributed by atoms with E-state index in [1.807, 2.05) is 48.5 Å². The van der Waals surface area contributed by atoms with Crippen LogP contribution >= 0.6 is 0 Å². The molecular weight excluding hydrogens is 275 g/mol. The minimum absolute atomic E-state index is 0.0112. The molecule has 20 heavy (non-hydrogen) atoms. The van der Waals surface area contributed by atoms with Gasteiger partial charge in [-0.3, -0.25) is 0 Å². The van der Waals surface area contributed by atoms with E-state index in [2.05, 4.69) is 0 Å². The van der Waals surface area contributed by atoms with Gasteiger partial charge >= 0.3 is 10.2 Å². The molecule has 2 aromatic rings. The van der Waals surface area contributed by atoms with Crippen LogP contribution in [0.15, 0.2) is 48.5 Å². The molecule has 5 rings (SSSR count). The number of halogens is 1. The Bertz CT molecular complexity index is 750. The highest BCUT2D eigenvalue weighted by Crippen LogP contribution is 2.54. The van der Waals surface area contributed by atoms with E-state index in [-0.39, 0.29) is 11.8 Å². The van der Waals surface area contributed by atoms with Crippen molar-refractivity contribution >= 4 is 10.2 Å². The molecule has 3 aliphatic carbocycles. The highest BCUT2D eigenvalue weighted by molar-refractivity contribution is 7.87. The maximum Gasteiger partial charge on any atom is 0.306 e. The van der Waals surface area contributed by atoms with Crippen molar-refractivity contribution in [3.8, 4) is 0 Å². The number of hydrogen-bond donors (Lipinski definition) is 0. The first-order valence-electron chi connectivity index (χ1n) is 6.68. The van der Waals surface area contributed by atoms with Gasteiger partial charge in [0.2, 0.25) is 0 Å². The lowest BCUT2D eigenvalue weighted by molar-refractivity contribution is 0.468. The van der Waals surface area contributed by atoms with Gasteiger partial charge in [0.25, 0.3) is 0 Å². The summed E-state index contributed by atoms with van der Waals surface area (Å²) in [6.07, 6.45) is 0.345. The normalized spacial score (nSPS) is 26.9. The van der Waals surface area contributed by atoms with Crippen molar-refractivity contribution in [2.45, 2.75) is 23.5 Å².